The summed E-state index contributed by atoms with van der Waals surface area (Å²) in [6, 6.07) is 5.16. The maximum atomic E-state index is 11.9. The zero-order chi connectivity index (χ0) is 13.1. The number of nitrogens with two attached hydrogens (primary N) is 1. The summed E-state index contributed by atoms with van der Waals surface area (Å²) in [5.41, 5.74) is 6.85. The Kier molecular flexibility index (Phi) is 4.24. The molecule has 2 unspecified atom stereocenters. The Balaban J connectivity index is 1.89. The van der Waals surface area contributed by atoms with Crippen LogP contribution in [0.15, 0.2) is 22.7 Å². The van der Waals surface area contributed by atoms with Crippen molar-refractivity contribution in [3.63, 3.8) is 0 Å². The SMILES string of the molecule is Nc1cc(C(=O)NCC2CCC(O)C2)ccc1Br. The minimum Gasteiger partial charge on any atom is -0.398 e. The van der Waals surface area contributed by atoms with Crippen LogP contribution in [0.1, 0.15) is 29.6 Å². The Bertz CT molecular complexity index is 451. The number of hydrogen-bond acceptors (Lipinski definition) is 3. The Morgan fingerprint density at radius 1 is 1.50 bits per heavy atom. The van der Waals surface area contributed by atoms with Crippen LogP contribution in [0, 0.1) is 5.92 Å². The highest BCUT2D eigenvalue weighted by Crippen LogP contribution is 2.25. The lowest BCUT2D eigenvalue weighted by Crippen LogP contribution is -2.28. The van der Waals surface area contributed by atoms with Gasteiger partial charge in [0.1, 0.15) is 0 Å². The largest absolute Gasteiger partial charge is 0.398 e. The molecular weight excluding hydrogens is 296 g/mol. The third-order valence-corrected chi connectivity index (χ3v) is 4.05. The third kappa shape index (κ3) is 3.23. The maximum absolute atomic E-state index is 11.9. The average molecular weight is 313 g/mol. The van der Waals surface area contributed by atoms with E-state index in [1.165, 1.54) is 0 Å². The molecule has 1 aromatic rings. The zero-order valence-electron chi connectivity index (χ0n) is 10.0. The van der Waals surface area contributed by atoms with Crippen LogP contribution in [0.4, 0.5) is 5.69 Å². The fourth-order valence-electron chi connectivity index (χ4n) is 2.26. The van der Waals surface area contributed by atoms with Crippen LogP contribution in [-0.2, 0) is 0 Å². The van der Waals surface area contributed by atoms with Crippen molar-refractivity contribution in [3.8, 4) is 0 Å². The number of aliphatic hydroxyl groups excluding tert-OH is 1. The number of carbonyl (C=O) groups is 1. The maximum Gasteiger partial charge on any atom is 0.251 e. The van der Waals surface area contributed by atoms with Gasteiger partial charge in [0.2, 0.25) is 0 Å². The molecule has 98 valence electrons. The minimum atomic E-state index is -0.199. The number of halogens is 1. The van der Waals surface area contributed by atoms with E-state index in [1.807, 2.05) is 0 Å². The molecule has 1 aromatic carbocycles. The van der Waals surface area contributed by atoms with E-state index in [0.29, 0.717) is 23.7 Å². The number of amides is 1. The first-order valence-corrected chi connectivity index (χ1v) is 6.87. The minimum absolute atomic E-state index is 0.115. The van der Waals surface area contributed by atoms with Crippen LogP contribution < -0.4 is 11.1 Å². The van der Waals surface area contributed by atoms with Crippen molar-refractivity contribution in [2.75, 3.05) is 12.3 Å². The molecule has 0 heterocycles. The third-order valence-electron chi connectivity index (χ3n) is 3.32. The highest BCUT2D eigenvalue weighted by molar-refractivity contribution is 9.10. The fourth-order valence-corrected chi connectivity index (χ4v) is 2.50. The van der Waals surface area contributed by atoms with Crippen molar-refractivity contribution in [3.05, 3.63) is 28.2 Å². The molecule has 18 heavy (non-hydrogen) atoms. The summed E-state index contributed by atoms with van der Waals surface area (Å²) in [6.45, 7) is 0.617. The standard InChI is InChI=1S/C13H17BrN2O2/c14-11-4-2-9(6-12(11)15)13(18)16-7-8-1-3-10(17)5-8/h2,4,6,8,10,17H,1,3,5,7,15H2,(H,16,18). The van der Waals surface area contributed by atoms with Gasteiger partial charge in [-0.2, -0.15) is 0 Å². The number of carbonyl (C=O) groups excluding carboxylic acids is 1. The van der Waals surface area contributed by atoms with E-state index in [9.17, 15) is 9.90 Å². The molecule has 1 fully saturated rings. The van der Waals surface area contributed by atoms with Gasteiger partial charge in [0.15, 0.2) is 0 Å². The second kappa shape index (κ2) is 5.71. The summed E-state index contributed by atoms with van der Waals surface area (Å²) < 4.78 is 0.790. The van der Waals surface area contributed by atoms with E-state index in [1.54, 1.807) is 18.2 Å². The van der Waals surface area contributed by atoms with Crippen molar-refractivity contribution < 1.29 is 9.90 Å². The van der Waals surface area contributed by atoms with Crippen molar-refractivity contribution in [2.45, 2.75) is 25.4 Å². The second-order valence-corrected chi connectivity index (χ2v) is 5.63. The van der Waals surface area contributed by atoms with E-state index in [4.69, 9.17) is 5.73 Å². The average Bonchev–Trinajstić information content (AvgIpc) is 2.75. The summed E-state index contributed by atoms with van der Waals surface area (Å²) in [4.78, 5) is 11.9. The molecule has 0 spiro atoms. The number of benzene rings is 1. The van der Waals surface area contributed by atoms with Crippen LogP contribution in [0.3, 0.4) is 0 Å². The van der Waals surface area contributed by atoms with Crippen LogP contribution in [0.25, 0.3) is 0 Å². The van der Waals surface area contributed by atoms with Gasteiger partial charge in [-0.15, -0.1) is 0 Å². The van der Waals surface area contributed by atoms with Gasteiger partial charge in [-0.05, 0) is 59.3 Å². The molecule has 1 aliphatic carbocycles. The number of rotatable bonds is 3. The highest BCUT2D eigenvalue weighted by atomic mass is 79.9. The molecule has 0 saturated heterocycles. The molecular formula is C13H17BrN2O2. The number of anilines is 1. The van der Waals surface area contributed by atoms with Crippen LogP contribution in [0.2, 0.25) is 0 Å². The van der Waals surface area contributed by atoms with E-state index in [-0.39, 0.29) is 12.0 Å². The molecule has 0 radical (unpaired) electrons. The van der Waals surface area contributed by atoms with Gasteiger partial charge in [-0.1, -0.05) is 0 Å². The molecule has 2 rings (SSSR count). The molecule has 1 aliphatic rings. The molecule has 4 N–H and O–H groups in total. The van der Waals surface area contributed by atoms with E-state index in [2.05, 4.69) is 21.2 Å². The number of nitrogens with one attached hydrogen (secondary N) is 1. The molecule has 4 nitrogen and oxygen atoms in total. The van der Waals surface area contributed by atoms with Gasteiger partial charge in [-0.3, -0.25) is 4.79 Å². The van der Waals surface area contributed by atoms with Crippen LogP contribution >= 0.6 is 15.9 Å². The zero-order valence-corrected chi connectivity index (χ0v) is 11.6. The smallest absolute Gasteiger partial charge is 0.251 e. The van der Waals surface area contributed by atoms with Gasteiger partial charge in [0.05, 0.1) is 6.10 Å². The Hall–Kier alpha value is -1.07. The summed E-state index contributed by atoms with van der Waals surface area (Å²) in [7, 11) is 0. The van der Waals surface area contributed by atoms with Crippen molar-refractivity contribution in [1.29, 1.82) is 0 Å². The summed E-state index contributed by atoms with van der Waals surface area (Å²) in [5, 5.41) is 12.3. The normalized spacial score (nSPS) is 23.0. The van der Waals surface area contributed by atoms with Crippen molar-refractivity contribution in [2.24, 2.45) is 5.92 Å². The van der Waals surface area contributed by atoms with Gasteiger partial charge in [0.25, 0.3) is 5.91 Å². The summed E-state index contributed by atoms with van der Waals surface area (Å²) in [6.07, 6.45) is 2.40. The Labute approximate surface area is 115 Å². The van der Waals surface area contributed by atoms with Gasteiger partial charge >= 0.3 is 0 Å². The van der Waals surface area contributed by atoms with Crippen molar-refractivity contribution in [1.82, 2.24) is 5.32 Å². The molecule has 5 heteroatoms. The lowest BCUT2D eigenvalue weighted by molar-refractivity contribution is 0.0945. The molecule has 0 aliphatic heterocycles. The van der Waals surface area contributed by atoms with Crippen LogP contribution in [0.5, 0.6) is 0 Å². The second-order valence-electron chi connectivity index (χ2n) is 4.78. The lowest BCUT2D eigenvalue weighted by atomic mass is 10.1. The monoisotopic (exact) mass is 312 g/mol. The number of hydrogen-bond donors (Lipinski definition) is 3. The van der Waals surface area contributed by atoms with E-state index >= 15 is 0 Å². The first kappa shape index (κ1) is 13.4. The lowest BCUT2D eigenvalue weighted by Gasteiger charge is -2.11. The summed E-state index contributed by atoms with van der Waals surface area (Å²) >= 11 is 3.29. The van der Waals surface area contributed by atoms with Gasteiger partial charge < -0.3 is 16.2 Å². The molecule has 1 saturated carbocycles. The Morgan fingerprint density at radius 3 is 2.89 bits per heavy atom. The highest BCUT2D eigenvalue weighted by Gasteiger charge is 2.23. The fraction of sp³-hybridized carbons (Fsp3) is 0.462. The molecule has 1 amide bonds. The first-order chi connectivity index (χ1) is 8.56. The Morgan fingerprint density at radius 2 is 2.28 bits per heavy atom. The van der Waals surface area contributed by atoms with Gasteiger partial charge in [0, 0.05) is 22.3 Å². The quantitative estimate of drug-likeness (QED) is 0.746. The molecule has 0 bridgehead atoms. The van der Waals surface area contributed by atoms with Crippen molar-refractivity contribution >= 4 is 27.5 Å². The van der Waals surface area contributed by atoms with E-state index < -0.39 is 0 Å². The topological polar surface area (TPSA) is 75.4 Å². The van der Waals surface area contributed by atoms with Gasteiger partial charge in [-0.25, -0.2) is 0 Å². The van der Waals surface area contributed by atoms with E-state index in [0.717, 1.165) is 23.7 Å². The van der Waals surface area contributed by atoms with Crippen LogP contribution in [-0.4, -0.2) is 23.7 Å². The predicted octanol–water partition coefficient (Wildman–Crippen LogP) is 1.92. The molecule has 2 atom stereocenters. The number of aliphatic hydroxyl groups is 1. The predicted molar refractivity (Wildman–Crippen MR) is 74.2 cm³/mol. The summed E-state index contributed by atoms with van der Waals surface area (Å²) in [5.74, 6) is 0.271. The first-order valence-electron chi connectivity index (χ1n) is 6.07. The number of nitrogen functional groups attached to an aromatic ring is 1. The molecule has 0 aromatic heterocycles.